The van der Waals surface area contributed by atoms with Crippen LogP contribution in [0.4, 0.5) is 5.82 Å². The van der Waals surface area contributed by atoms with E-state index in [-0.39, 0.29) is 0 Å². The maximum absolute atomic E-state index is 6.23. The number of nitrogens with zero attached hydrogens (tertiary/aromatic N) is 3. The summed E-state index contributed by atoms with van der Waals surface area (Å²) < 4.78 is 0. The van der Waals surface area contributed by atoms with Gasteiger partial charge in [0.05, 0.1) is 5.02 Å². The zero-order chi connectivity index (χ0) is 16.1. The van der Waals surface area contributed by atoms with E-state index in [1.807, 2.05) is 12.1 Å². The van der Waals surface area contributed by atoms with Gasteiger partial charge in [0.2, 0.25) is 0 Å². The van der Waals surface area contributed by atoms with Gasteiger partial charge in [-0.05, 0) is 40.9 Å². The molecule has 1 saturated heterocycles. The maximum atomic E-state index is 6.23. The maximum Gasteiger partial charge on any atom is 0.191 e. The smallest absolute Gasteiger partial charge is 0.191 e. The van der Waals surface area contributed by atoms with Crippen LogP contribution >= 0.6 is 22.9 Å². The quantitative estimate of drug-likeness (QED) is 0.658. The van der Waals surface area contributed by atoms with E-state index in [0.29, 0.717) is 11.1 Å². The third-order valence-corrected chi connectivity index (χ3v) is 4.86. The average Bonchev–Trinajstić information content (AvgIpc) is 3.23. The van der Waals surface area contributed by atoms with Crippen molar-refractivity contribution < 1.29 is 0 Å². The summed E-state index contributed by atoms with van der Waals surface area (Å²) in [4.78, 5) is 10.9. The Bertz CT molecular complexity index is 658. The Morgan fingerprint density at radius 1 is 1.52 bits per heavy atom. The lowest BCUT2D eigenvalue weighted by molar-refractivity contribution is 0.648. The van der Waals surface area contributed by atoms with Gasteiger partial charge in [0.1, 0.15) is 5.82 Å². The number of hydrogen-bond acceptors (Lipinski definition) is 4. The molecule has 2 aromatic rings. The third-order valence-electron chi connectivity index (χ3n) is 3.83. The van der Waals surface area contributed by atoms with E-state index in [0.717, 1.165) is 37.8 Å². The summed E-state index contributed by atoms with van der Waals surface area (Å²) in [6.45, 7) is 2.59. The number of halogens is 1. The molecule has 7 heteroatoms. The highest BCUT2D eigenvalue weighted by Crippen LogP contribution is 2.25. The monoisotopic (exact) mass is 349 g/mol. The highest BCUT2D eigenvalue weighted by atomic mass is 35.5. The highest BCUT2D eigenvalue weighted by Gasteiger charge is 2.25. The first-order chi connectivity index (χ1) is 11.3. The number of anilines is 1. The molecule has 1 unspecified atom stereocenters. The Kier molecular flexibility index (Phi) is 5.35. The molecule has 1 aliphatic rings. The molecule has 0 amide bonds. The van der Waals surface area contributed by atoms with Crippen LogP contribution in [0.5, 0.6) is 0 Å². The first kappa shape index (κ1) is 16.1. The lowest BCUT2D eigenvalue weighted by Crippen LogP contribution is -2.44. The lowest BCUT2D eigenvalue weighted by Gasteiger charge is -2.20. The molecule has 122 valence electrons. The van der Waals surface area contributed by atoms with Crippen molar-refractivity contribution in [2.75, 3.05) is 25.0 Å². The topological polar surface area (TPSA) is 52.6 Å². The number of thiophene rings is 1. The summed E-state index contributed by atoms with van der Waals surface area (Å²) in [6, 6.07) is 6.19. The molecule has 2 N–H and O–H groups in total. The Labute approximate surface area is 145 Å². The molecule has 3 rings (SSSR count). The molecule has 0 aromatic carbocycles. The SMILES string of the molecule is CN=C(NCc1ccsc1)NC1CCN(c2ncccc2Cl)C1. The lowest BCUT2D eigenvalue weighted by atomic mass is 10.3. The Morgan fingerprint density at radius 2 is 2.43 bits per heavy atom. The number of hydrogen-bond donors (Lipinski definition) is 2. The van der Waals surface area contributed by atoms with Gasteiger partial charge in [0, 0.05) is 38.9 Å². The Morgan fingerprint density at radius 3 is 3.17 bits per heavy atom. The van der Waals surface area contributed by atoms with Crippen molar-refractivity contribution in [1.29, 1.82) is 0 Å². The molecule has 5 nitrogen and oxygen atoms in total. The summed E-state index contributed by atoms with van der Waals surface area (Å²) in [5.74, 6) is 1.69. The fraction of sp³-hybridized carbons (Fsp3) is 0.375. The molecule has 1 aliphatic heterocycles. The second-order valence-electron chi connectivity index (χ2n) is 5.44. The van der Waals surface area contributed by atoms with Crippen LogP contribution in [0, 0.1) is 0 Å². The molecule has 0 saturated carbocycles. The molecule has 1 atom stereocenters. The second-order valence-corrected chi connectivity index (χ2v) is 6.63. The molecular weight excluding hydrogens is 330 g/mol. The van der Waals surface area contributed by atoms with E-state index in [1.54, 1.807) is 24.6 Å². The molecule has 3 heterocycles. The largest absolute Gasteiger partial charge is 0.353 e. The molecule has 0 spiro atoms. The number of aliphatic imine (C=N–C) groups is 1. The minimum absolute atomic E-state index is 0.335. The minimum Gasteiger partial charge on any atom is -0.353 e. The Hall–Kier alpha value is -1.79. The van der Waals surface area contributed by atoms with Crippen molar-refractivity contribution in [1.82, 2.24) is 15.6 Å². The normalized spacial score (nSPS) is 18.3. The standard InChI is InChI=1S/C16H20ClN5S/c1-18-16(20-9-12-5-8-23-11-12)21-13-4-7-22(10-13)15-14(17)3-2-6-19-15/h2-3,5-6,8,11,13H,4,7,9-10H2,1H3,(H2,18,20,21). The molecule has 0 radical (unpaired) electrons. The predicted octanol–water partition coefficient (Wildman–Crippen LogP) is 2.74. The number of rotatable bonds is 4. The van der Waals surface area contributed by atoms with Crippen LogP contribution in [0.15, 0.2) is 40.1 Å². The number of guanidine groups is 1. The van der Waals surface area contributed by atoms with Gasteiger partial charge in [0.25, 0.3) is 0 Å². The van der Waals surface area contributed by atoms with Gasteiger partial charge in [-0.15, -0.1) is 0 Å². The van der Waals surface area contributed by atoms with Crippen LogP contribution in [-0.4, -0.2) is 37.1 Å². The molecule has 23 heavy (non-hydrogen) atoms. The molecule has 0 bridgehead atoms. The third kappa shape index (κ3) is 4.14. The van der Waals surface area contributed by atoms with E-state index < -0.39 is 0 Å². The van der Waals surface area contributed by atoms with Crippen molar-refractivity contribution in [3.63, 3.8) is 0 Å². The van der Waals surface area contributed by atoms with Crippen molar-refractivity contribution in [3.05, 3.63) is 45.7 Å². The van der Waals surface area contributed by atoms with Crippen LogP contribution in [0.25, 0.3) is 0 Å². The van der Waals surface area contributed by atoms with Gasteiger partial charge in [-0.1, -0.05) is 11.6 Å². The van der Waals surface area contributed by atoms with Crippen LogP contribution in [0.2, 0.25) is 5.02 Å². The summed E-state index contributed by atoms with van der Waals surface area (Å²) in [5.41, 5.74) is 1.27. The predicted molar refractivity (Wildman–Crippen MR) is 97.5 cm³/mol. The van der Waals surface area contributed by atoms with Crippen molar-refractivity contribution in [2.45, 2.75) is 19.0 Å². The summed E-state index contributed by atoms with van der Waals surface area (Å²) in [7, 11) is 1.80. The van der Waals surface area contributed by atoms with E-state index in [4.69, 9.17) is 11.6 Å². The van der Waals surface area contributed by atoms with Gasteiger partial charge in [-0.25, -0.2) is 4.98 Å². The van der Waals surface area contributed by atoms with Crippen molar-refractivity contribution in [3.8, 4) is 0 Å². The first-order valence-electron chi connectivity index (χ1n) is 7.60. The molecule has 1 fully saturated rings. The fourth-order valence-corrected chi connectivity index (χ4v) is 3.56. The second kappa shape index (κ2) is 7.66. The molecular formula is C16H20ClN5S. The average molecular weight is 350 g/mol. The fourth-order valence-electron chi connectivity index (χ4n) is 2.65. The van der Waals surface area contributed by atoms with Crippen LogP contribution in [0.3, 0.4) is 0 Å². The van der Waals surface area contributed by atoms with Gasteiger partial charge in [-0.3, -0.25) is 4.99 Å². The zero-order valence-electron chi connectivity index (χ0n) is 13.0. The van der Waals surface area contributed by atoms with Crippen LogP contribution in [0.1, 0.15) is 12.0 Å². The summed E-state index contributed by atoms with van der Waals surface area (Å²) >= 11 is 7.94. The molecule has 0 aliphatic carbocycles. The summed E-state index contributed by atoms with van der Waals surface area (Å²) in [6.07, 6.45) is 2.81. The van der Waals surface area contributed by atoms with E-state index >= 15 is 0 Å². The Balaban J connectivity index is 1.53. The van der Waals surface area contributed by atoms with Gasteiger partial charge < -0.3 is 15.5 Å². The highest BCUT2D eigenvalue weighted by molar-refractivity contribution is 7.07. The minimum atomic E-state index is 0.335. The summed E-state index contributed by atoms with van der Waals surface area (Å²) in [5, 5.41) is 11.8. The zero-order valence-corrected chi connectivity index (χ0v) is 14.6. The van der Waals surface area contributed by atoms with Crippen molar-refractivity contribution in [2.24, 2.45) is 4.99 Å². The van der Waals surface area contributed by atoms with E-state index in [1.165, 1.54) is 5.56 Å². The van der Waals surface area contributed by atoms with Crippen LogP contribution < -0.4 is 15.5 Å². The van der Waals surface area contributed by atoms with E-state index in [9.17, 15) is 0 Å². The van der Waals surface area contributed by atoms with Crippen LogP contribution in [-0.2, 0) is 6.54 Å². The number of pyridine rings is 1. The van der Waals surface area contributed by atoms with Gasteiger partial charge >= 0.3 is 0 Å². The van der Waals surface area contributed by atoms with Gasteiger partial charge in [-0.2, -0.15) is 11.3 Å². The van der Waals surface area contributed by atoms with Crippen molar-refractivity contribution >= 4 is 34.7 Å². The number of nitrogens with one attached hydrogen (secondary N) is 2. The molecule has 2 aromatic heterocycles. The van der Waals surface area contributed by atoms with Gasteiger partial charge in [0.15, 0.2) is 5.96 Å². The first-order valence-corrected chi connectivity index (χ1v) is 8.92. The van der Waals surface area contributed by atoms with E-state index in [2.05, 4.69) is 42.3 Å². The number of aromatic nitrogens is 1.